The first-order valence-electron chi connectivity index (χ1n) is 6.50. The molecule has 98 valence electrons. The van der Waals surface area contributed by atoms with Crippen LogP contribution in [0, 0.1) is 6.92 Å². The van der Waals surface area contributed by atoms with Crippen LogP contribution in [0.2, 0.25) is 0 Å². The molecule has 1 aliphatic rings. The summed E-state index contributed by atoms with van der Waals surface area (Å²) in [6.07, 6.45) is 2.38. The van der Waals surface area contributed by atoms with Crippen molar-refractivity contribution >= 4 is 5.78 Å². The first-order valence-corrected chi connectivity index (χ1v) is 6.50. The minimum Gasteiger partial charge on any atom is -0.497 e. The number of hydrogen-bond acceptors (Lipinski definition) is 3. The lowest BCUT2D eigenvalue weighted by Gasteiger charge is -2.07. The topological polar surface area (TPSA) is 39.4 Å². The first kappa shape index (κ1) is 12.0. The quantitative estimate of drug-likeness (QED) is 0.820. The number of carbonyl (C=O) groups excluding carboxylic acids is 1. The zero-order valence-corrected chi connectivity index (χ0v) is 11.2. The number of Topliss-reactive ketones (excluding diaryl/α,β-unsaturated/α-hetero) is 1. The average molecular weight is 256 g/mol. The second-order valence-corrected chi connectivity index (χ2v) is 4.86. The minimum absolute atomic E-state index is 0.210. The lowest BCUT2D eigenvalue weighted by Crippen LogP contribution is -2.09. The molecule has 0 aliphatic heterocycles. The number of fused-ring (bicyclic) bond motifs is 1. The van der Waals surface area contributed by atoms with Crippen LogP contribution in [0.1, 0.15) is 34.5 Å². The van der Waals surface area contributed by atoms with Crippen LogP contribution in [0.15, 0.2) is 28.7 Å². The lowest BCUT2D eigenvalue weighted by atomic mass is 9.93. The van der Waals surface area contributed by atoms with Crippen LogP contribution in [-0.2, 0) is 6.42 Å². The van der Waals surface area contributed by atoms with E-state index in [1.807, 2.05) is 31.2 Å². The third-order valence-electron chi connectivity index (χ3n) is 3.66. The molecule has 0 atom stereocenters. The molecule has 0 saturated heterocycles. The number of aryl methyl sites for hydroxylation is 1. The van der Waals surface area contributed by atoms with E-state index in [1.165, 1.54) is 0 Å². The predicted octanol–water partition coefficient (Wildman–Crippen LogP) is 3.78. The van der Waals surface area contributed by atoms with E-state index in [-0.39, 0.29) is 5.78 Å². The number of rotatable bonds is 2. The van der Waals surface area contributed by atoms with Crippen molar-refractivity contribution in [2.45, 2.75) is 26.2 Å². The largest absolute Gasteiger partial charge is 0.497 e. The van der Waals surface area contributed by atoms with Crippen molar-refractivity contribution < 1.29 is 13.9 Å². The van der Waals surface area contributed by atoms with Gasteiger partial charge in [-0.15, -0.1) is 0 Å². The van der Waals surface area contributed by atoms with Gasteiger partial charge in [0, 0.05) is 24.0 Å². The van der Waals surface area contributed by atoms with Gasteiger partial charge in [0.1, 0.15) is 17.3 Å². The summed E-state index contributed by atoms with van der Waals surface area (Å²) in [5, 5.41) is 0. The van der Waals surface area contributed by atoms with Crippen molar-refractivity contribution in [2.24, 2.45) is 0 Å². The maximum atomic E-state index is 12.0. The van der Waals surface area contributed by atoms with Gasteiger partial charge in [-0.25, -0.2) is 0 Å². The SMILES string of the molecule is COc1ccc(-c2oc3c(c2C)C(=O)CCC3)cc1. The van der Waals surface area contributed by atoms with Crippen molar-refractivity contribution in [1.82, 2.24) is 0 Å². The zero-order chi connectivity index (χ0) is 13.4. The molecule has 0 radical (unpaired) electrons. The van der Waals surface area contributed by atoms with Crippen molar-refractivity contribution in [1.29, 1.82) is 0 Å². The molecule has 0 bridgehead atoms. The maximum Gasteiger partial charge on any atom is 0.166 e. The number of hydrogen-bond donors (Lipinski definition) is 0. The zero-order valence-electron chi connectivity index (χ0n) is 11.2. The Balaban J connectivity index is 2.07. The highest BCUT2D eigenvalue weighted by atomic mass is 16.5. The second-order valence-electron chi connectivity index (χ2n) is 4.86. The van der Waals surface area contributed by atoms with Crippen molar-refractivity contribution in [2.75, 3.05) is 7.11 Å². The number of methoxy groups -OCH3 is 1. The highest BCUT2D eigenvalue weighted by Gasteiger charge is 2.26. The Morgan fingerprint density at radius 2 is 1.89 bits per heavy atom. The summed E-state index contributed by atoms with van der Waals surface area (Å²) in [7, 11) is 1.64. The van der Waals surface area contributed by atoms with Gasteiger partial charge in [0.05, 0.1) is 12.7 Å². The summed E-state index contributed by atoms with van der Waals surface area (Å²) >= 11 is 0. The van der Waals surface area contributed by atoms with E-state index in [0.29, 0.717) is 6.42 Å². The highest BCUT2D eigenvalue weighted by Crippen LogP contribution is 2.35. The Hall–Kier alpha value is -2.03. The maximum absolute atomic E-state index is 12.0. The van der Waals surface area contributed by atoms with Crippen molar-refractivity contribution in [3.63, 3.8) is 0 Å². The molecule has 1 aromatic carbocycles. The van der Waals surface area contributed by atoms with Crippen LogP contribution < -0.4 is 4.74 Å². The van der Waals surface area contributed by atoms with Gasteiger partial charge in [0.2, 0.25) is 0 Å². The molecule has 2 aromatic rings. The standard InChI is InChI=1S/C16H16O3/c1-10-15-13(17)4-3-5-14(15)19-16(10)11-6-8-12(18-2)9-7-11/h6-9H,3-5H2,1-2H3. The Morgan fingerprint density at radius 3 is 2.53 bits per heavy atom. The molecule has 19 heavy (non-hydrogen) atoms. The van der Waals surface area contributed by atoms with Crippen LogP contribution in [0.3, 0.4) is 0 Å². The van der Waals surface area contributed by atoms with Gasteiger partial charge in [0.25, 0.3) is 0 Å². The van der Waals surface area contributed by atoms with Gasteiger partial charge in [-0.05, 0) is 37.6 Å². The molecule has 0 N–H and O–H groups in total. The Labute approximate surface area is 112 Å². The summed E-state index contributed by atoms with van der Waals surface area (Å²) in [5.41, 5.74) is 2.75. The Kier molecular flexibility index (Phi) is 2.90. The van der Waals surface area contributed by atoms with Crippen LogP contribution >= 0.6 is 0 Å². The van der Waals surface area contributed by atoms with Crippen molar-refractivity contribution in [3.8, 4) is 17.1 Å². The van der Waals surface area contributed by atoms with E-state index in [2.05, 4.69) is 0 Å². The molecule has 0 spiro atoms. The Morgan fingerprint density at radius 1 is 1.16 bits per heavy atom. The van der Waals surface area contributed by atoms with Gasteiger partial charge in [-0.1, -0.05) is 0 Å². The number of furan rings is 1. The molecular weight excluding hydrogens is 240 g/mol. The van der Waals surface area contributed by atoms with E-state index >= 15 is 0 Å². The molecule has 0 fully saturated rings. The molecular formula is C16H16O3. The van der Waals surface area contributed by atoms with Crippen molar-refractivity contribution in [3.05, 3.63) is 41.2 Å². The number of ketones is 1. The van der Waals surface area contributed by atoms with Crippen LogP contribution in [-0.4, -0.2) is 12.9 Å². The fourth-order valence-corrected chi connectivity index (χ4v) is 2.67. The van der Waals surface area contributed by atoms with E-state index < -0.39 is 0 Å². The van der Waals surface area contributed by atoms with Gasteiger partial charge < -0.3 is 9.15 Å². The third kappa shape index (κ3) is 1.95. The van der Waals surface area contributed by atoms with Gasteiger partial charge in [-0.3, -0.25) is 4.79 Å². The normalized spacial score (nSPS) is 14.3. The molecule has 3 rings (SSSR count). The van der Waals surface area contributed by atoms with Gasteiger partial charge >= 0.3 is 0 Å². The van der Waals surface area contributed by atoms with E-state index in [1.54, 1.807) is 7.11 Å². The summed E-state index contributed by atoms with van der Waals surface area (Å²) in [4.78, 5) is 12.0. The fourth-order valence-electron chi connectivity index (χ4n) is 2.67. The van der Waals surface area contributed by atoms with E-state index in [0.717, 1.165) is 46.8 Å². The molecule has 1 aromatic heterocycles. The van der Waals surface area contributed by atoms with Gasteiger partial charge in [0.15, 0.2) is 5.78 Å². The van der Waals surface area contributed by atoms with Crippen LogP contribution in [0.4, 0.5) is 0 Å². The molecule has 0 unspecified atom stereocenters. The summed E-state index contributed by atoms with van der Waals surface area (Å²) in [6, 6.07) is 7.72. The minimum atomic E-state index is 0.210. The molecule has 0 saturated carbocycles. The smallest absolute Gasteiger partial charge is 0.166 e. The summed E-state index contributed by atoms with van der Waals surface area (Å²) in [5.74, 6) is 2.68. The summed E-state index contributed by atoms with van der Waals surface area (Å²) < 4.78 is 11.1. The number of carbonyl (C=O) groups is 1. The van der Waals surface area contributed by atoms with E-state index in [4.69, 9.17) is 9.15 Å². The number of benzene rings is 1. The lowest BCUT2D eigenvalue weighted by molar-refractivity contribution is 0.0969. The number of ether oxygens (including phenoxy) is 1. The van der Waals surface area contributed by atoms with Crippen LogP contribution in [0.5, 0.6) is 5.75 Å². The molecule has 1 aliphatic carbocycles. The molecule has 1 heterocycles. The van der Waals surface area contributed by atoms with Crippen LogP contribution in [0.25, 0.3) is 11.3 Å². The van der Waals surface area contributed by atoms with Gasteiger partial charge in [-0.2, -0.15) is 0 Å². The average Bonchev–Trinajstić information content (AvgIpc) is 2.78. The summed E-state index contributed by atoms with van der Waals surface area (Å²) in [6.45, 7) is 1.96. The Bertz CT molecular complexity index is 620. The van der Waals surface area contributed by atoms with E-state index in [9.17, 15) is 4.79 Å². The highest BCUT2D eigenvalue weighted by molar-refractivity contribution is 6.00. The third-order valence-corrected chi connectivity index (χ3v) is 3.66. The molecule has 0 amide bonds. The molecule has 3 heteroatoms. The predicted molar refractivity (Wildman–Crippen MR) is 72.7 cm³/mol. The second kappa shape index (κ2) is 4.57. The monoisotopic (exact) mass is 256 g/mol. The first-order chi connectivity index (χ1) is 9.20. The molecule has 3 nitrogen and oxygen atoms in total. The fraction of sp³-hybridized carbons (Fsp3) is 0.312.